The number of nitrogens with zero attached hydrogens (tertiary/aromatic N) is 7. The SMILES string of the molecule is Nc1nc(N)c2n[n+]3c4cc(N(O)O)cc(N(O)O)c4[nH]n3c2n1. The molecule has 9 N–H and O–H groups in total. The van der Waals surface area contributed by atoms with Crippen molar-refractivity contribution in [2.24, 2.45) is 0 Å². The average molecular weight is 335 g/mol. The van der Waals surface area contributed by atoms with Crippen LogP contribution in [0.25, 0.3) is 22.2 Å². The molecule has 0 atom stereocenters. The Labute approximate surface area is 130 Å². The first-order valence-corrected chi connectivity index (χ1v) is 6.42. The number of anilines is 4. The van der Waals surface area contributed by atoms with Crippen molar-refractivity contribution >= 4 is 45.3 Å². The van der Waals surface area contributed by atoms with E-state index in [0.717, 1.165) is 6.07 Å². The lowest BCUT2D eigenvalue weighted by molar-refractivity contribution is -0.649. The van der Waals surface area contributed by atoms with Crippen LogP contribution in [0.3, 0.4) is 0 Å². The molecule has 0 unspecified atom stereocenters. The fourth-order valence-corrected chi connectivity index (χ4v) is 2.46. The maximum Gasteiger partial charge on any atom is 0.252 e. The third kappa shape index (κ3) is 1.78. The van der Waals surface area contributed by atoms with E-state index in [1.807, 2.05) is 0 Å². The standard InChI is InChI=1S/C10H10N10O4/c11-8-7-9(14-10(12)13-8)18-15-6-4(17(18)16-7)1-3(19(21)22)2-5(6)20(23)24/h1-2,15,21-24H,(H3,11,12,13)/p+1. The first-order chi connectivity index (χ1) is 11.4. The van der Waals surface area contributed by atoms with Crippen LogP contribution in [0.4, 0.5) is 23.1 Å². The largest absolute Gasteiger partial charge is 0.382 e. The first kappa shape index (κ1) is 14.2. The van der Waals surface area contributed by atoms with Gasteiger partial charge in [0.2, 0.25) is 22.5 Å². The normalized spacial score (nSPS) is 11.7. The highest BCUT2D eigenvalue weighted by Crippen LogP contribution is 2.28. The minimum Gasteiger partial charge on any atom is -0.382 e. The molecule has 24 heavy (non-hydrogen) atoms. The number of benzene rings is 1. The van der Waals surface area contributed by atoms with Crippen LogP contribution in [0.15, 0.2) is 12.1 Å². The molecule has 14 heteroatoms. The smallest absolute Gasteiger partial charge is 0.252 e. The van der Waals surface area contributed by atoms with Gasteiger partial charge in [0.25, 0.3) is 5.65 Å². The van der Waals surface area contributed by atoms with Crippen LogP contribution in [-0.2, 0) is 0 Å². The van der Waals surface area contributed by atoms with E-state index in [1.54, 1.807) is 0 Å². The Morgan fingerprint density at radius 3 is 2.50 bits per heavy atom. The van der Waals surface area contributed by atoms with Crippen molar-refractivity contribution in [1.29, 1.82) is 0 Å². The van der Waals surface area contributed by atoms with Gasteiger partial charge in [0.15, 0.2) is 5.82 Å². The minimum absolute atomic E-state index is 0.0588. The molecule has 0 bridgehead atoms. The number of nitrogen functional groups attached to an aromatic ring is 2. The third-order valence-corrected chi connectivity index (χ3v) is 3.46. The van der Waals surface area contributed by atoms with Gasteiger partial charge in [0.05, 0.1) is 0 Å². The Balaban J connectivity index is 2.19. The van der Waals surface area contributed by atoms with Crippen molar-refractivity contribution in [3.05, 3.63) is 12.1 Å². The van der Waals surface area contributed by atoms with E-state index >= 15 is 0 Å². The molecular weight excluding hydrogens is 324 g/mol. The Hall–Kier alpha value is -3.46. The summed E-state index contributed by atoms with van der Waals surface area (Å²) in [7, 11) is 0. The van der Waals surface area contributed by atoms with E-state index in [2.05, 4.69) is 20.2 Å². The number of aromatic amines is 1. The first-order valence-electron chi connectivity index (χ1n) is 6.42. The lowest BCUT2D eigenvalue weighted by Crippen LogP contribution is -2.29. The summed E-state index contributed by atoms with van der Waals surface area (Å²) in [5.74, 6) is -0.00619. The zero-order valence-electron chi connectivity index (χ0n) is 11.7. The molecule has 0 aliphatic heterocycles. The molecule has 0 saturated carbocycles. The Kier molecular flexibility index (Phi) is 2.67. The maximum absolute atomic E-state index is 9.37. The van der Waals surface area contributed by atoms with Gasteiger partial charge in [-0.2, -0.15) is 15.1 Å². The number of aromatic nitrogens is 6. The molecule has 0 aliphatic rings. The third-order valence-electron chi connectivity index (χ3n) is 3.46. The van der Waals surface area contributed by atoms with Crippen molar-refractivity contribution < 1.29 is 25.5 Å². The molecular formula is C10H11N10O4+. The molecule has 14 nitrogen and oxygen atoms in total. The molecule has 124 valence electrons. The van der Waals surface area contributed by atoms with Crippen molar-refractivity contribution in [1.82, 2.24) is 24.8 Å². The molecule has 0 radical (unpaired) electrons. The number of H-pyrrole nitrogens is 1. The second-order valence-corrected chi connectivity index (χ2v) is 4.89. The quantitative estimate of drug-likeness (QED) is 0.169. The highest BCUT2D eigenvalue weighted by Gasteiger charge is 2.26. The monoisotopic (exact) mass is 335 g/mol. The second-order valence-electron chi connectivity index (χ2n) is 4.89. The summed E-state index contributed by atoms with van der Waals surface area (Å²) in [6.07, 6.45) is 0. The predicted octanol–water partition coefficient (Wildman–Crippen LogP) is -1.32. The Morgan fingerprint density at radius 1 is 1.08 bits per heavy atom. The highest BCUT2D eigenvalue weighted by molar-refractivity contribution is 5.90. The summed E-state index contributed by atoms with van der Waals surface area (Å²) in [5, 5.41) is 43.9. The molecule has 1 aromatic carbocycles. The topological polar surface area (TPSA) is 202 Å². The summed E-state index contributed by atoms with van der Waals surface area (Å²) in [6, 6.07) is 2.44. The van der Waals surface area contributed by atoms with Crippen molar-refractivity contribution in [2.75, 3.05) is 21.9 Å². The van der Waals surface area contributed by atoms with Gasteiger partial charge in [-0.1, -0.05) is 0 Å². The van der Waals surface area contributed by atoms with Crippen LogP contribution in [0.2, 0.25) is 0 Å². The van der Waals surface area contributed by atoms with Crippen molar-refractivity contribution in [3.63, 3.8) is 0 Å². The molecule has 0 fully saturated rings. The van der Waals surface area contributed by atoms with Crippen LogP contribution >= 0.6 is 0 Å². The van der Waals surface area contributed by atoms with Gasteiger partial charge < -0.3 is 11.5 Å². The molecule has 0 amide bonds. The summed E-state index contributed by atoms with van der Waals surface area (Å²) < 4.78 is 2.62. The number of fused-ring (bicyclic) bond motifs is 5. The van der Waals surface area contributed by atoms with Crippen molar-refractivity contribution in [3.8, 4) is 0 Å². The summed E-state index contributed by atoms with van der Waals surface area (Å²) >= 11 is 0. The molecule has 0 aliphatic carbocycles. The lowest BCUT2D eigenvalue weighted by Gasteiger charge is -2.11. The predicted molar refractivity (Wildman–Crippen MR) is 76.7 cm³/mol. The van der Waals surface area contributed by atoms with E-state index in [0.29, 0.717) is 0 Å². The fourth-order valence-electron chi connectivity index (χ4n) is 2.46. The number of rotatable bonds is 2. The molecule has 4 aromatic rings. The van der Waals surface area contributed by atoms with E-state index in [4.69, 9.17) is 11.5 Å². The van der Waals surface area contributed by atoms with E-state index in [-0.39, 0.29) is 55.8 Å². The Bertz CT molecular complexity index is 1100. The summed E-state index contributed by atoms with van der Waals surface area (Å²) in [6.45, 7) is 0. The maximum atomic E-state index is 9.37. The Morgan fingerprint density at radius 2 is 1.83 bits per heavy atom. The van der Waals surface area contributed by atoms with Crippen LogP contribution in [0.5, 0.6) is 0 Å². The van der Waals surface area contributed by atoms with Gasteiger partial charge in [-0.3, -0.25) is 20.8 Å². The number of nitrogens with two attached hydrogens (primary N) is 2. The minimum atomic E-state index is -0.175. The molecule has 0 spiro atoms. The second kappa shape index (κ2) is 4.52. The number of nitrogens with one attached hydrogen (secondary N) is 1. The zero-order valence-corrected chi connectivity index (χ0v) is 11.7. The van der Waals surface area contributed by atoms with Crippen LogP contribution in [0, 0.1) is 0 Å². The van der Waals surface area contributed by atoms with Crippen LogP contribution < -0.4 is 26.6 Å². The van der Waals surface area contributed by atoms with Gasteiger partial charge in [-0.25, -0.2) is 0 Å². The van der Waals surface area contributed by atoms with Gasteiger partial charge >= 0.3 is 0 Å². The molecule has 3 heterocycles. The summed E-state index contributed by atoms with van der Waals surface area (Å²) in [4.78, 5) is 7.85. The fraction of sp³-hybridized carbons (Fsp3) is 0. The van der Waals surface area contributed by atoms with Gasteiger partial charge in [-0.15, -0.1) is 10.5 Å². The highest BCUT2D eigenvalue weighted by atomic mass is 16.8. The van der Waals surface area contributed by atoms with E-state index in [9.17, 15) is 20.8 Å². The number of hydrogen-bond donors (Lipinski definition) is 7. The zero-order chi connectivity index (χ0) is 17.2. The number of hydrogen-bond acceptors (Lipinski definition) is 11. The van der Waals surface area contributed by atoms with E-state index in [1.165, 1.54) is 15.3 Å². The van der Waals surface area contributed by atoms with Gasteiger partial charge in [0.1, 0.15) is 11.4 Å². The average Bonchev–Trinajstić information content (AvgIpc) is 3.03. The van der Waals surface area contributed by atoms with Gasteiger partial charge in [0, 0.05) is 6.07 Å². The molecule has 3 aromatic heterocycles. The summed E-state index contributed by atoms with van der Waals surface area (Å²) in [5.41, 5.74) is 12.0. The molecule has 0 saturated heterocycles. The lowest BCUT2D eigenvalue weighted by atomic mass is 10.2. The van der Waals surface area contributed by atoms with Gasteiger partial charge in [-0.05, 0) is 20.4 Å². The van der Waals surface area contributed by atoms with E-state index < -0.39 is 0 Å². The van der Waals surface area contributed by atoms with Crippen LogP contribution in [0.1, 0.15) is 0 Å². The van der Waals surface area contributed by atoms with Crippen LogP contribution in [-0.4, -0.2) is 45.6 Å². The molecule has 4 rings (SSSR count). The van der Waals surface area contributed by atoms with Crippen molar-refractivity contribution in [2.45, 2.75) is 0 Å².